The summed E-state index contributed by atoms with van der Waals surface area (Å²) in [6.07, 6.45) is 0. The molecular formula is C11H15BrFOP. The molecule has 1 aromatic rings. The third kappa shape index (κ3) is 2.92. The molecule has 1 rings (SSSR count). The summed E-state index contributed by atoms with van der Waals surface area (Å²) in [6.45, 7) is 7.09. The van der Waals surface area contributed by atoms with E-state index < -0.39 is 7.14 Å². The van der Waals surface area contributed by atoms with Gasteiger partial charge in [-0.1, -0.05) is 28.9 Å². The fourth-order valence-corrected chi connectivity index (χ4v) is 2.52. The molecule has 0 saturated carbocycles. The summed E-state index contributed by atoms with van der Waals surface area (Å²) in [5, 5.41) is 0. The van der Waals surface area contributed by atoms with Crippen LogP contribution in [0.25, 0.3) is 0 Å². The molecule has 0 bridgehead atoms. The van der Waals surface area contributed by atoms with Gasteiger partial charge in [0.15, 0.2) is 0 Å². The number of rotatable bonds is 2. The molecule has 1 aromatic carbocycles. The standard InChI is InChI=1S/C11H15BrFOP/c1-7-5-9(8(2)15(3,4)14)11(13)6-10(7)12/h5-6,8H,1-4H3. The molecule has 0 aliphatic heterocycles. The summed E-state index contributed by atoms with van der Waals surface area (Å²) in [4.78, 5) is 0. The van der Waals surface area contributed by atoms with Gasteiger partial charge in [0.2, 0.25) is 0 Å². The first-order valence-corrected chi connectivity index (χ1v) is 8.20. The molecule has 1 unspecified atom stereocenters. The highest BCUT2D eigenvalue weighted by atomic mass is 79.9. The van der Waals surface area contributed by atoms with Crippen LogP contribution in [0, 0.1) is 12.7 Å². The van der Waals surface area contributed by atoms with E-state index in [1.165, 1.54) is 6.07 Å². The first-order chi connectivity index (χ1) is 6.73. The highest BCUT2D eigenvalue weighted by molar-refractivity contribution is 9.10. The molecule has 1 atom stereocenters. The first kappa shape index (κ1) is 12.9. The largest absolute Gasteiger partial charge is 0.324 e. The molecule has 84 valence electrons. The predicted molar refractivity (Wildman–Crippen MR) is 66.7 cm³/mol. The van der Waals surface area contributed by atoms with Gasteiger partial charge in [0, 0.05) is 10.1 Å². The number of benzene rings is 1. The van der Waals surface area contributed by atoms with E-state index in [0.717, 1.165) is 10.0 Å². The highest BCUT2D eigenvalue weighted by Crippen LogP contribution is 2.53. The van der Waals surface area contributed by atoms with Crippen LogP contribution >= 0.6 is 23.1 Å². The molecule has 0 heterocycles. The lowest BCUT2D eigenvalue weighted by Crippen LogP contribution is -1.99. The molecule has 0 saturated heterocycles. The zero-order valence-electron chi connectivity index (χ0n) is 9.34. The van der Waals surface area contributed by atoms with Crippen LogP contribution in [-0.2, 0) is 4.57 Å². The van der Waals surface area contributed by atoms with Gasteiger partial charge in [0.05, 0.1) is 7.14 Å². The van der Waals surface area contributed by atoms with Crippen molar-refractivity contribution in [1.29, 1.82) is 0 Å². The zero-order valence-corrected chi connectivity index (χ0v) is 11.8. The predicted octanol–water partition coefficient (Wildman–Crippen LogP) is 4.58. The Kier molecular flexibility index (Phi) is 3.78. The van der Waals surface area contributed by atoms with Gasteiger partial charge in [-0.3, -0.25) is 0 Å². The van der Waals surface area contributed by atoms with Crippen LogP contribution in [0.5, 0.6) is 0 Å². The second-order valence-electron chi connectivity index (χ2n) is 4.23. The second kappa shape index (κ2) is 4.39. The van der Waals surface area contributed by atoms with E-state index in [-0.39, 0.29) is 11.5 Å². The molecular weight excluding hydrogens is 278 g/mol. The van der Waals surface area contributed by atoms with Gasteiger partial charge in [0.25, 0.3) is 0 Å². The van der Waals surface area contributed by atoms with Gasteiger partial charge in [0.1, 0.15) is 5.82 Å². The van der Waals surface area contributed by atoms with Crippen molar-refractivity contribution in [2.75, 3.05) is 13.3 Å². The summed E-state index contributed by atoms with van der Waals surface area (Å²) in [5.41, 5.74) is 1.28. The third-order valence-corrected chi connectivity index (χ3v) is 5.66. The van der Waals surface area contributed by atoms with Crippen molar-refractivity contribution in [2.24, 2.45) is 0 Å². The minimum absolute atomic E-state index is 0.232. The van der Waals surface area contributed by atoms with Crippen molar-refractivity contribution in [1.82, 2.24) is 0 Å². The zero-order chi connectivity index (χ0) is 11.8. The molecule has 0 aromatic heterocycles. The van der Waals surface area contributed by atoms with Crippen LogP contribution in [0.1, 0.15) is 23.7 Å². The van der Waals surface area contributed by atoms with E-state index >= 15 is 0 Å². The molecule has 15 heavy (non-hydrogen) atoms. The quantitative estimate of drug-likeness (QED) is 0.729. The monoisotopic (exact) mass is 292 g/mol. The lowest BCUT2D eigenvalue weighted by molar-refractivity contribution is 0.568. The van der Waals surface area contributed by atoms with Crippen LogP contribution in [0.4, 0.5) is 4.39 Å². The second-order valence-corrected chi connectivity index (χ2v) is 8.73. The van der Waals surface area contributed by atoms with E-state index in [2.05, 4.69) is 15.9 Å². The van der Waals surface area contributed by atoms with E-state index in [0.29, 0.717) is 5.56 Å². The fourth-order valence-electron chi connectivity index (χ4n) is 1.33. The van der Waals surface area contributed by atoms with Crippen molar-refractivity contribution in [3.8, 4) is 0 Å². The van der Waals surface area contributed by atoms with Crippen molar-refractivity contribution in [3.05, 3.63) is 33.5 Å². The molecule has 0 aliphatic rings. The Hall–Kier alpha value is -0.140. The molecule has 0 fully saturated rings. The van der Waals surface area contributed by atoms with Gasteiger partial charge in [-0.15, -0.1) is 0 Å². The van der Waals surface area contributed by atoms with Gasteiger partial charge >= 0.3 is 0 Å². The van der Waals surface area contributed by atoms with Gasteiger partial charge in [-0.25, -0.2) is 4.39 Å². The Morgan fingerprint density at radius 3 is 2.40 bits per heavy atom. The summed E-state index contributed by atoms with van der Waals surface area (Å²) < 4.78 is 26.3. The number of hydrogen-bond donors (Lipinski definition) is 0. The minimum Gasteiger partial charge on any atom is -0.324 e. The molecule has 0 N–H and O–H groups in total. The summed E-state index contributed by atoms with van der Waals surface area (Å²) in [5.74, 6) is -0.288. The van der Waals surface area contributed by atoms with E-state index in [4.69, 9.17) is 0 Å². The van der Waals surface area contributed by atoms with E-state index in [1.807, 2.05) is 13.8 Å². The van der Waals surface area contributed by atoms with Crippen LogP contribution in [0.2, 0.25) is 0 Å². The maximum absolute atomic E-state index is 13.7. The fraction of sp³-hybridized carbons (Fsp3) is 0.455. The molecule has 4 heteroatoms. The van der Waals surface area contributed by atoms with Gasteiger partial charge in [-0.05, 0) is 37.4 Å². The number of aryl methyl sites for hydroxylation is 1. The maximum Gasteiger partial charge on any atom is 0.128 e. The van der Waals surface area contributed by atoms with E-state index in [9.17, 15) is 8.96 Å². The van der Waals surface area contributed by atoms with Crippen LogP contribution in [0.15, 0.2) is 16.6 Å². The van der Waals surface area contributed by atoms with E-state index in [1.54, 1.807) is 19.4 Å². The lowest BCUT2D eigenvalue weighted by atomic mass is 10.1. The van der Waals surface area contributed by atoms with Crippen molar-refractivity contribution >= 4 is 23.1 Å². The van der Waals surface area contributed by atoms with Gasteiger partial charge in [-0.2, -0.15) is 0 Å². The summed E-state index contributed by atoms with van der Waals surface area (Å²) in [7, 11) is -2.30. The number of hydrogen-bond acceptors (Lipinski definition) is 1. The van der Waals surface area contributed by atoms with Crippen molar-refractivity contribution in [2.45, 2.75) is 19.5 Å². The minimum atomic E-state index is -2.30. The normalized spacial score (nSPS) is 14.0. The topological polar surface area (TPSA) is 17.1 Å². The number of halogens is 2. The molecule has 0 aliphatic carbocycles. The Morgan fingerprint density at radius 2 is 1.93 bits per heavy atom. The van der Waals surface area contributed by atoms with Crippen LogP contribution in [0.3, 0.4) is 0 Å². The lowest BCUT2D eigenvalue weighted by Gasteiger charge is -2.18. The summed E-state index contributed by atoms with van der Waals surface area (Å²) in [6, 6.07) is 3.21. The molecule has 1 nitrogen and oxygen atoms in total. The van der Waals surface area contributed by atoms with Crippen molar-refractivity contribution < 1.29 is 8.96 Å². The van der Waals surface area contributed by atoms with Crippen LogP contribution in [-0.4, -0.2) is 13.3 Å². The Labute approximate surface area is 98.6 Å². The maximum atomic E-state index is 13.7. The summed E-state index contributed by atoms with van der Waals surface area (Å²) >= 11 is 3.27. The smallest absolute Gasteiger partial charge is 0.128 e. The highest BCUT2D eigenvalue weighted by Gasteiger charge is 2.23. The Bertz CT molecular complexity index is 425. The average Bonchev–Trinajstić information content (AvgIpc) is 2.08. The molecule has 0 radical (unpaired) electrons. The third-order valence-electron chi connectivity index (χ3n) is 2.66. The SMILES string of the molecule is Cc1cc(C(C)P(C)(C)=O)c(F)cc1Br. The van der Waals surface area contributed by atoms with Crippen LogP contribution < -0.4 is 0 Å². The Morgan fingerprint density at radius 1 is 1.40 bits per heavy atom. The first-order valence-electron chi connectivity index (χ1n) is 4.73. The molecule has 0 amide bonds. The molecule has 0 spiro atoms. The van der Waals surface area contributed by atoms with Gasteiger partial charge < -0.3 is 4.57 Å². The van der Waals surface area contributed by atoms with Crippen molar-refractivity contribution in [3.63, 3.8) is 0 Å². The Balaban J connectivity index is 3.27. The average molecular weight is 293 g/mol.